The first kappa shape index (κ1) is 31.5. The zero-order chi connectivity index (χ0) is 32.9. The third kappa shape index (κ3) is 7.67. The number of carbonyl (C=O) groups is 2. The molecule has 11 heteroatoms. The first-order valence-electron chi connectivity index (χ1n) is 14.8. The molecule has 4 aromatic carbocycles. The summed E-state index contributed by atoms with van der Waals surface area (Å²) in [5, 5.41) is 26.7. The molecule has 2 amide bonds. The van der Waals surface area contributed by atoms with Crippen LogP contribution in [0.1, 0.15) is 36.2 Å². The summed E-state index contributed by atoms with van der Waals surface area (Å²) in [7, 11) is 0. The van der Waals surface area contributed by atoms with E-state index in [9.17, 15) is 19.8 Å². The van der Waals surface area contributed by atoms with Gasteiger partial charge in [-0.2, -0.15) is 4.98 Å². The molecule has 0 aliphatic heterocycles. The summed E-state index contributed by atoms with van der Waals surface area (Å²) in [6, 6.07) is 30.0. The molecule has 0 fully saturated rings. The topological polar surface area (TPSA) is 142 Å². The van der Waals surface area contributed by atoms with Crippen molar-refractivity contribution in [3.8, 4) is 34.0 Å². The summed E-state index contributed by atoms with van der Waals surface area (Å²) in [6.45, 7) is 3.77. The number of amides is 2. The summed E-state index contributed by atoms with van der Waals surface area (Å²) >= 11 is 1.29. The van der Waals surface area contributed by atoms with Gasteiger partial charge >= 0.3 is 0 Å². The van der Waals surface area contributed by atoms with Crippen LogP contribution >= 0.6 is 11.3 Å². The fourth-order valence-corrected chi connectivity index (χ4v) is 5.59. The van der Waals surface area contributed by atoms with Gasteiger partial charge < -0.3 is 25.0 Å². The quantitative estimate of drug-likeness (QED) is 0.146. The Hall–Kier alpha value is -5.49. The predicted molar refractivity (Wildman–Crippen MR) is 180 cm³/mol. The lowest BCUT2D eigenvalue weighted by molar-refractivity contribution is -0.0577. The number of aromatic nitrogens is 3. The van der Waals surface area contributed by atoms with Gasteiger partial charge in [0.15, 0.2) is 11.3 Å². The number of hydrogen-bond donors (Lipinski definition) is 3. The summed E-state index contributed by atoms with van der Waals surface area (Å²) in [5.74, 6) is 0.0919. The molecule has 0 saturated heterocycles. The molecule has 0 aliphatic rings. The first-order valence-corrected chi connectivity index (χ1v) is 15.6. The zero-order valence-electron chi connectivity index (χ0n) is 25.6. The number of aryl methyl sites for hydroxylation is 2. The predicted octanol–water partition coefficient (Wildman–Crippen LogP) is 6.35. The first-order chi connectivity index (χ1) is 22.7. The molecule has 2 heterocycles. The van der Waals surface area contributed by atoms with Crippen LogP contribution in [0.15, 0.2) is 108 Å². The molecule has 236 valence electrons. The average Bonchev–Trinajstić information content (AvgIpc) is 3.75. The molecule has 47 heavy (non-hydrogen) atoms. The number of anilines is 1. The van der Waals surface area contributed by atoms with E-state index in [1.807, 2.05) is 55.5 Å². The second-order valence-corrected chi connectivity index (χ2v) is 12.3. The maximum atomic E-state index is 13.4. The zero-order valence-corrected chi connectivity index (χ0v) is 26.4. The summed E-state index contributed by atoms with van der Waals surface area (Å²) in [4.78, 5) is 36.7. The van der Waals surface area contributed by atoms with E-state index < -0.39 is 12.2 Å². The summed E-state index contributed by atoms with van der Waals surface area (Å²) < 4.78 is 5.54. The van der Waals surface area contributed by atoms with Gasteiger partial charge in [-0.15, -0.1) is 11.3 Å². The Morgan fingerprint density at radius 2 is 1.45 bits per heavy atom. The van der Waals surface area contributed by atoms with E-state index in [1.165, 1.54) is 21.8 Å². The number of carbonyl (C=O) groups excluding carboxylic acids is 2. The number of rotatable bonds is 10. The van der Waals surface area contributed by atoms with Crippen LogP contribution in [0.2, 0.25) is 0 Å². The lowest BCUT2D eigenvalue weighted by Gasteiger charge is -2.24. The maximum Gasteiger partial charge on any atom is 0.284 e. The Kier molecular flexibility index (Phi) is 9.30. The van der Waals surface area contributed by atoms with Crippen molar-refractivity contribution < 1.29 is 24.3 Å². The Labute approximate surface area is 275 Å². The fourth-order valence-electron chi connectivity index (χ4n) is 4.93. The lowest BCUT2D eigenvalue weighted by Crippen LogP contribution is -2.37. The Morgan fingerprint density at radius 1 is 0.830 bits per heavy atom. The summed E-state index contributed by atoms with van der Waals surface area (Å²) in [6.07, 6.45) is -0.0874. The minimum atomic E-state index is -1.72. The molecule has 2 aromatic heterocycles. The Balaban J connectivity index is 1.11. The van der Waals surface area contributed by atoms with Gasteiger partial charge in [0.1, 0.15) is 0 Å². The normalized spacial score (nSPS) is 11.1. The number of thiazole rings is 1. The number of benzene rings is 4. The molecule has 6 rings (SSSR count). The second-order valence-electron chi connectivity index (χ2n) is 11.0. The largest absolute Gasteiger partial charge is 0.367 e. The van der Waals surface area contributed by atoms with Gasteiger partial charge in [0, 0.05) is 40.0 Å². The van der Waals surface area contributed by atoms with Crippen LogP contribution in [-0.2, 0) is 6.54 Å². The van der Waals surface area contributed by atoms with Gasteiger partial charge in [0.25, 0.3) is 17.7 Å². The van der Waals surface area contributed by atoms with Gasteiger partial charge in [-0.25, -0.2) is 4.98 Å². The molecule has 3 N–H and O–H groups in total. The number of hydrogen-bond acceptors (Lipinski definition) is 9. The van der Waals surface area contributed by atoms with Crippen LogP contribution in [0.3, 0.4) is 0 Å². The van der Waals surface area contributed by atoms with Gasteiger partial charge in [-0.05, 0) is 66.9 Å². The molecule has 0 radical (unpaired) electrons. The van der Waals surface area contributed by atoms with Gasteiger partial charge in [-0.1, -0.05) is 71.4 Å². The van der Waals surface area contributed by atoms with Crippen molar-refractivity contribution in [3.63, 3.8) is 0 Å². The van der Waals surface area contributed by atoms with Gasteiger partial charge in [0.2, 0.25) is 5.82 Å². The standard InChI is InChI=1S/C36H31N5O5S/c1-22-3-7-25(8-4-22)26-11-13-28(14-12-26)34-39-32(40-46-34)27-9-5-24(6-10-27)20-41(21-31(42)43)36(45)29-15-17-30(18-16-29)38-33(44)35-37-19-23(2)47-35/h3-19,31,42-43H,20-21H2,1-2H3,(H,38,44). The van der Waals surface area contributed by atoms with Crippen molar-refractivity contribution in [2.45, 2.75) is 26.7 Å². The molecular formula is C36H31N5O5S. The van der Waals surface area contributed by atoms with E-state index in [2.05, 4.69) is 51.6 Å². The van der Waals surface area contributed by atoms with E-state index in [0.717, 1.165) is 32.7 Å². The number of aliphatic hydroxyl groups is 2. The Bertz CT molecular complexity index is 1980. The number of aliphatic hydroxyl groups excluding tert-OH is 1. The van der Waals surface area contributed by atoms with Crippen LogP contribution in [0, 0.1) is 13.8 Å². The lowest BCUT2D eigenvalue weighted by atomic mass is 10.0. The molecule has 0 aliphatic carbocycles. The second kappa shape index (κ2) is 13.9. The van der Waals surface area contributed by atoms with Gasteiger partial charge in [-0.3, -0.25) is 9.59 Å². The molecule has 6 aromatic rings. The van der Waals surface area contributed by atoms with Crippen LogP contribution in [0.25, 0.3) is 34.0 Å². The number of nitrogens with one attached hydrogen (secondary N) is 1. The molecule has 0 bridgehead atoms. The minimum Gasteiger partial charge on any atom is -0.367 e. The van der Waals surface area contributed by atoms with Gasteiger partial charge in [0.05, 0.1) is 6.54 Å². The fraction of sp³-hybridized carbons (Fsp3) is 0.139. The van der Waals surface area contributed by atoms with Crippen LogP contribution in [0.4, 0.5) is 5.69 Å². The van der Waals surface area contributed by atoms with E-state index in [4.69, 9.17) is 4.52 Å². The SMILES string of the molecule is Cc1ccc(-c2ccc(-c3nc(-c4ccc(CN(CC(O)O)C(=O)c5ccc(NC(=O)c6ncc(C)s6)cc5)cc4)no3)cc2)cc1. The van der Waals surface area contributed by atoms with Crippen molar-refractivity contribution in [1.82, 2.24) is 20.0 Å². The highest BCUT2D eigenvalue weighted by atomic mass is 32.1. The highest BCUT2D eigenvalue weighted by molar-refractivity contribution is 7.13. The highest BCUT2D eigenvalue weighted by Crippen LogP contribution is 2.27. The van der Waals surface area contributed by atoms with Crippen molar-refractivity contribution in [1.29, 1.82) is 0 Å². The van der Waals surface area contributed by atoms with Crippen molar-refractivity contribution in [3.05, 3.63) is 130 Å². The molecule has 0 atom stereocenters. The molecule has 0 unspecified atom stereocenters. The maximum absolute atomic E-state index is 13.4. The Morgan fingerprint density at radius 3 is 2.06 bits per heavy atom. The molecule has 0 spiro atoms. The molecule has 0 saturated carbocycles. The monoisotopic (exact) mass is 645 g/mol. The van der Waals surface area contributed by atoms with Crippen LogP contribution < -0.4 is 5.32 Å². The van der Waals surface area contributed by atoms with Crippen LogP contribution in [-0.4, -0.2) is 54.9 Å². The smallest absolute Gasteiger partial charge is 0.284 e. The molecular weight excluding hydrogens is 614 g/mol. The van der Waals surface area contributed by atoms with Crippen LogP contribution in [0.5, 0.6) is 0 Å². The van der Waals surface area contributed by atoms with E-state index >= 15 is 0 Å². The van der Waals surface area contributed by atoms with E-state index in [-0.39, 0.29) is 19.0 Å². The van der Waals surface area contributed by atoms with E-state index in [0.29, 0.717) is 28.0 Å². The van der Waals surface area contributed by atoms with E-state index in [1.54, 1.807) is 30.5 Å². The minimum absolute atomic E-state index is 0.128. The van der Waals surface area contributed by atoms with Crippen molar-refractivity contribution in [2.24, 2.45) is 0 Å². The third-order valence-corrected chi connectivity index (χ3v) is 8.32. The van der Waals surface area contributed by atoms with Crippen molar-refractivity contribution in [2.75, 3.05) is 11.9 Å². The van der Waals surface area contributed by atoms with Crippen molar-refractivity contribution >= 4 is 28.8 Å². The number of nitrogens with zero attached hydrogens (tertiary/aromatic N) is 4. The third-order valence-electron chi connectivity index (χ3n) is 7.40. The average molecular weight is 646 g/mol. The highest BCUT2D eigenvalue weighted by Gasteiger charge is 2.20. The molecule has 10 nitrogen and oxygen atoms in total. The summed E-state index contributed by atoms with van der Waals surface area (Å²) in [5.41, 5.74) is 6.56.